The molecule has 3 aromatic heterocycles. The summed E-state index contributed by atoms with van der Waals surface area (Å²) >= 11 is 0. The second-order valence-electron chi connectivity index (χ2n) is 13.4. The van der Waals surface area contributed by atoms with Gasteiger partial charge < -0.3 is 15.0 Å². The minimum Gasteiger partial charge on any atom is -0.467 e. The number of hydrogen-bond donors (Lipinski definition) is 2. The van der Waals surface area contributed by atoms with Gasteiger partial charge in [-0.05, 0) is 80.6 Å². The van der Waals surface area contributed by atoms with Gasteiger partial charge in [0.05, 0.1) is 5.56 Å². The third-order valence-corrected chi connectivity index (χ3v) is 13.9. The number of aromatic nitrogens is 4. The van der Waals surface area contributed by atoms with Crippen LogP contribution in [0.2, 0.25) is 0 Å². The van der Waals surface area contributed by atoms with E-state index in [1.54, 1.807) is 41.2 Å². The Morgan fingerprint density at radius 1 is 1.12 bits per heavy atom. The van der Waals surface area contributed by atoms with E-state index < -0.39 is 26.0 Å². The van der Waals surface area contributed by atoms with Crippen LogP contribution >= 0.6 is 10.0 Å². The number of hydrogen-bond acceptors (Lipinski definition) is 9. The van der Waals surface area contributed by atoms with Crippen LogP contribution in [-0.4, -0.2) is 75.9 Å². The molecule has 11 nitrogen and oxygen atoms in total. The highest BCUT2D eigenvalue weighted by Gasteiger charge is 2.41. The fraction of sp³-hybridized carbons (Fsp3) is 0.533. The molecule has 0 spiro atoms. The Labute approximate surface area is 256 Å². The molecule has 0 saturated carbocycles. The molecular formula is C30H43N7O4S2. The number of anilines is 2. The third kappa shape index (κ3) is 6.62. The average Bonchev–Trinajstić information content (AvgIpc) is 3.52. The van der Waals surface area contributed by atoms with Gasteiger partial charge in [0.25, 0.3) is 15.9 Å². The van der Waals surface area contributed by atoms with Crippen molar-refractivity contribution in [3.63, 3.8) is 0 Å². The number of nitrogens with one attached hydrogen (secondary N) is 2. The number of nitrogens with zero attached hydrogens (tertiary/aromatic N) is 5. The number of carbonyl (C=O) groups is 1. The summed E-state index contributed by atoms with van der Waals surface area (Å²) in [6.45, 7) is 12.3. The van der Waals surface area contributed by atoms with E-state index in [1.807, 2.05) is 0 Å². The highest BCUT2D eigenvalue weighted by molar-refractivity contribution is 8.33. The normalized spacial score (nSPS) is 20.7. The van der Waals surface area contributed by atoms with Crippen LogP contribution in [0.5, 0.6) is 5.88 Å². The molecule has 0 aromatic carbocycles. The zero-order valence-corrected chi connectivity index (χ0v) is 27.7. The van der Waals surface area contributed by atoms with Crippen LogP contribution in [0.3, 0.4) is 0 Å². The van der Waals surface area contributed by atoms with Gasteiger partial charge in [-0.25, -0.2) is 29.4 Å². The summed E-state index contributed by atoms with van der Waals surface area (Å²) in [6, 6.07) is 9.79. The Morgan fingerprint density at radius 2 is 1.88 bits per heavy atom. The fourth-order valence-electron chi connectivity index (χ4n) is 5.30. The quantitative estimate of drug-likeness (QED) is 0.418. The smallest absolute Gasteiger partial charge is 0.281 e. The molecule has 4 bridgehead atoms. The molecule has 0 aliphatic carbocycles. The highest BCUT2D eigenvalue weighted by Crippen LogP contribution is 2.52. The van der Waals surface area contributed by atoms with Gasteiger partial charge in [-0.2, -0.15) is 8.42 Å². The van der Waals surface area contributed by atoms with Crippen molar-refractivity contribution < 1.29 is 17.9 Å². The van der Waals surface area contributed by atoms with Gasteiger partial charge in [0.15, 0.2) is 10.8 Å². The zero-order valence-electron chi connectivity index (χ0n) is 26.0. The monoisotopic (exact) mass is 629 g/mol. The summed E-state index contributed by atoms with van der Waals surface area (Å²) < 4.78 is 36.5. The predicted molar refractivity (Wildman–Crippen MR) is 172 cm³/mol. The minimum atomic E-state index is -4.23. The van der Waals surface area contributed by atoms with Crippen LogP contribution in [0.4, 0.5) is 11.6 Å². The van der Waals surface area contributed by atoms with Crippen LogP contribution in [0, 0.1) is 5.92 Å². The topological polar surface area (TPSA) is 131 Å². The Morgan fingerprint density at radius 3 is 2.63 bits per heavy atom. The van der Waals surface area contributed by atoms with Crippen molar-refractivity contribution in [2.75, 3.05) is 41.8 Å². The molecule has 2 aliphatic heterocycles. The molecule has 1 amide bonds. The first-order valence-corrected chi connectivity index (χ1v) is 18.6. The summed E-state index contributed by atoms with van der Waals surface area (Å²) in [5, 5.41) is 7.61. The van der Waals surface area contributed by atoms with E-state index in [0.717, 1.165) is 19.3 Å². The van der Waals surface area contributed by atoms with Gasteiger partial charge in [-0.1, -0.05) is 26.8 Å². The Bertz CT molecular complexity index is 1610. The second-order valence-corrected chi connectivity index (χ2v) is 19.6. The van der Waals surface area contributed by atoms with Crippen molar-refractivity contribution in [3.05, 3.63) is 48.2 Å². The van der Waals surface area contributed by atoms with Crippen LogP contribution in [0.15, 0.2) is 47.6 Å². The maximum atomic E-state index is 13.6. The number of carbonyl (C=O) groups excluding carboxylic acids is 1. The van der Waals surface area contributed by atoms with Gasteiger partial charge >= 0.3 is 0 Å². The number of amides is 1. The van der Waals surface area contributed by atoms with Crippen LogP contribution in [-0.2, 0) is 10.0 Å². The van der Waals surface area contributed by atoms with Crippen molar-refractivity contribution in [1.29, 1.82) is 0 Å². The molecule has 2 N–H and O–H groups in total. The van der Waals surface area contributed by atoms with E-state index in [1.165, 1.54) is 6.07 Å². The standard InChI is InChI=1S/C30H43N7O4S2/c1-29(2,3)42(6,7)20-41-25-15-17-37(34-25)24-14-13-22-27(33-24)36-19-21(18-30(36,4)5)10-9-16-31-23-11-8-12-26(32-23)43(39,40)35-28(22)38/h8,11-15,17,21H,9-10,16,18-20H2,1-7H3,(H,31,32)(H,35,38)/t21-/m0/s1. The maximum absolute atomic E-state index is 13.6. The predicted octanol–water partition coefficient (Wildman–Crippen LogP) is 4.79. The van der Waals surface area contributed by atoms with E-state index in [9.17, 15) is 13.2 Å². The molecule has 5 rings (SSSR count). The second kappa shape index (κ2) is 11.3. The lowest BCUT2D eigenvalue weighted by molar-refractivity contribution is 0.0981. The van der Waals surface area contributed by atoms with Gasteiger partial charge in [0, 0.05) is 30.9 Å². The lowest BCUT2D eigenvalue weighted by Crippen LogP contribution is -2.41. The van der Waals surface area contributed by atoms with E-state index in [-0.39, 0.29) is 20.9 Å². The van der Waals surface area contributed by atoms with E-state index in [2.05, 4.69) is 72.2 Å². The molecule has 2 aliphatic rings. The highest BCUT2D eigenvalue weighted by atomic mass is 32.3. The third-order valence-electron chi connectivity index (χ3n) is 8.60. The summed E-state index contributed by atoms with van der Waals surface area (Å²) in [4.78, 5) is 24.9. The molecule has 13 heteroatoms. The zero-order chi connectivity index (χ0) is 31.2. The number of sulfonamides is 1. The van der Waals surface area contributed by atoms with Crippen LogP contribution in [0.1, 0.15) is 64.2 Å². The van der Waals surface area contributed by atoms with E-state index in [0.29, 0.717) is 48.3 Å². The Kier molecular flexibility index (Phi) is 8.18. The fourth-order valence-corrected chi connectivity index (χ4v) is 7.00. The summed E-state index contributed by atoms with van der Waals surface area (Å²) in [7, 11) is -5.27. The number of pyridine rings is 2. The molecule has 5 heterocycles. The summed E-state index contributed by atoms with van der Waals surface area (Å²) in [6.07, 6.45) is 9.07. The Balaban J connectivity index is 1.51. The van der Waals surface area contributed by atoms with Gasteiger partial charge in [0.1, 0.15) is 17.6 Å². The molecule has 0 radical (unpaired) electrons. The number of rotatable bonds is 4. The molecule has 1 fully saturated rings. The molecular weight excluding hydrogens is 587 g/mol. The lowest BCUT2D eigenvalue weighted by atomic mass is 9.93. The first-order valence-electron chi connectivity index (χ1n) is 14.5. The summed E-state index contributed by atoms with van der Waals surface area (Å²) in [5.41, 5.74) is -0.135. The van der Waals surface area contributed by atoms with Crippen molar-refractivity contribution in [1.82, 2.24) is 24.5 Å². The largest absolute Gasteiger partial charge is 0.467 e. The molecule has 3 aromatic rings. The SMILES string of the molecule is CC1(C)C[C@@H]2CCCNc3cccc(n3)S(=O)(=O)NC(=O)c3ccc(-n4ccc(OCS(C)(C)C(C)(C)C)n4)nc3N1C2. The van der Waals surface area contributed by atoms with Gasteiger partial charge in [0.2, 0.25) is 5.88 Å². The first-order chi connectivity index (χ1) is 20.1. The van der Waals surface area contributed by atoms with Crippen molar-refractivity contribution in [2.45, 2.75) is 69.2 Å². The van der Waals surface area contributed by atoms with E-state index >= 15 is 0 Å². The summed E-state index contributed by atoms with van der Waals surface area (Å²) in [5.74, 6) is 2.07. The molecule has 1 atom stereocenters. The van der Waals surface area contributed by atoms with Crippen LogP contribution in [0.25, 0.3) is 5.82 Å². The van der Waals surface area contributed by atoms with Crippen molar-refractivity contribution in [2.24, 2.45) is 5.92 Å². The lowest BCUT2D eigenvalue weighted by Gasteiger charge is -2.43. The van der Waals surface area contributed by atoms with Gasteiger partial charge in [-0.3, -0.25) is 4.79 Å². The average molecular weight is 630 g/mol. The van der Waals surface area contributed by atoms with Gasteiger partial charge in [-0.15, -0.1) is 5.10 Å². The first kappa shape index (κ1) is 31.1. The molecule has 234 valence electrons. The minimum absolute atomic E-state index is 0.128. The van der Waals surface area contributed by atoms with E-state index in [4.69, 9.17) is 9.72 Å². The van der Waals surface area contributed by atoms with Crippen LogP contribution < -0.4 is 19.7 Å². The number of fused-ring (bicyclic) bond motifs is 6. The molecule has 43 heavy (non-hydrogen) atoms. The molecule has 0 unspecified atom stereocenters. The molecule has 1 saturated heterocycles. The van der Waals surface area contributed by atoms with Crippen molar-refractivity contribution in [3.8, 4) is 11.7 Å². The van der Waals surface area contributed by atoms with Crippen molar-refractivity contribution >= 4 is 37.6 Å². The number of ether oxygens (including phenoxy) is 1. The maximum Gasteiger partial charge on any atom is 0.281 e. The Hall–Kier alpha value is -3.32.